The van der Waals surface area contributed by atoms with Crippen LogP contribution in [0.15, 0.2) is 30.6 Å². The van der Waals surface area contributed by atoms with E-state index in [4.69, 9.17) is 5.11 Å². The van der Waals surface area contributed by atoms with Crippen LogP contribution >= 0.6 is 0 Å². The molecule has 0 spiro atoms. The molecular formula is C12H17N2O+. The summed E-state index contributed by atoms with van der Waals surface area (Å²) in [6, 6.07) is 8.37. The van der Waals surface area contributed by atoms with Crippen LogP contribution in [0, 0.1) is 0 Å². The first kappa shape index (κ1) is 10.2. The van der Waals surface area contributed by atoms with Crippen molar-refractivity contribution < 1.29 is 9.67 Å². The fraction of sp³-hybridized carbons (Fsp3) is 0.417. The average Bonchev–Trinajstić information content (AvgIpc) is 2.65. The molecule has 1 aromatic carbocycles. The van der Waals surface area contributed by atoms with Gasteiger partial charge in [-0.2, -0.15) is 0 Å². The summed E-state index contributed by atoms with van der Waals surface area (Å²) in [7, 11) is 0. The number of imidazole rings is 1. The number of aromatic nitrogens is 2. The molecule has 0 aliphatic rings. The van der Waals surface area contributed by atoms with E-state index in [1.165, 1.54) is 11.0 Å². The Hall–Kier alpha value is -1.35. The lowest BCUT2D eigenvalue weighted by molar-refractivity contribution is -0.672. The van der Waals surface area contributed by atoms with Crippen molar-refractivity contribution in [1.82, 2.24) is 4.57 Å². The Kier molecular flexibility index (Phi) is 3.02. The van der Waals surface area contributed by atoms with Gasteiger partial charge in [-0.1, -0.05) is 12.1 Å². The highest BCUT2D eigenvalue weighted by Crippen LogP contribution is 2.10. The SMILES string of the molecule is CCn1c[n+](CCCO)c2ccccc21. The van der Waals surface area contributed by atoms with E-state index in [1.54, 1.807) is 0 Å². The van der Waals surface area contributed by atoms with Crippen LogP contribution in [0.1, 0.15) is 13.3 Å². The number of hydrogen-bond donors (Lipinski definition) is 1. The van der Waals surface area contributed by atoms with E-state index >= 15 is 0 Å². The number of aliphatic hydroxyl groups is 1. The molecule has 0 aliphatic heterocycles. The molecule has 80 valence electrons. The molecule has 0 saturated heterocycles. The Morgan fingerprint density at radius 3 is 2.87 bits per heavy atom. The zero-order valence-corrected chi connectivity index (χ0v) is 9.06. The zero-order chi connectivity index (χ0) is 10.7. The first-order chi connectivity index (χ1) is 7.36. The Morgan fingerprint density at radius 2 is 2.13 bits per heavy atom. The van der Waals surface area contributed by atoms with E-state index in [0.717, 1.165) is 19.5 Å². The van der Waals surface area contributed by atoms with Gasteiger partial charge in [0.15, 0.2) is 11.0 Å². The smallest absolute Gasteiger partial charge is 0.244 e. The van der Waals surface area contributed by atoms with E-state index in [-0.39, 0.29) is 6.61 Å². The maximum Gasteiger partial charge on any atom is 0.244 e. The molecule has 0 unspecified atom stereocenters. The van der Waals surface area contributed by atoms with Crippen molar-refractivity contribution in [2.24, 2.45) is 0 Å². The van der Waals surface area contributed by atoms with Crippen molar-refractivity contribution in [2.45, 2.75) is 26.4 Å². The Balaban J connectivity index is 2.45. The maximum atomic E-state index is 8.84. The molecule has 0 aliphatic carbocycles. The Labute approximate surface area is 89.6 Å². The van der Waals surface area contributed by atoms with E-state index in [1.807, 2.05) is 0 Å². The van der Waals surface area contributed by atoms with Crippen molar-refractivity contribution in [3.8, 4) is 0 Å². The van der Waals surface area contributed by atoms with Gasteiger partial charge in [0.25, 0.3) is 0 Å². The lowest BCUT2D eigenvalue weighted by Gasteiger charge is -1.93. The number of fused-ring (bicyclic) bond motifs is 1. The largest absolute Gasteiger partial charge is 0.396 e. The quantitative estimate of drug-likeness (QED) is 0.750. The van der Waals surface area contributed by atoms with Gasteiger partial charge in [0, 0.05) is 13.0 Å². The van der Waals surface area contributed by atoms with Gasteiger partial charge in [-0.05, 0) is 19.1 Å². The number of hydrogen-bond acceptors (Lipinski definition) is 1. The molecule has 1 N–H and O–H groups in total. The van der Waals surface area contributed by atoms with Crippen LogP contribution in [0.3, 0.4) is 0 Å². The molecule has 2 aromatic rings. The van der Waals surface area contributed by atoms with Crippen molar-refractivity contribution in [1.29, 1.82) is 0 Å². The second-order valence-electron chi connectivity index (χ2n) is 3.66. The highest BCUT2D eigenvalue weighted by molar-refractivity contribution is 5.71. The number of rotatable bonds is 4. The minimum Gasteiger partial charge on any atom is -0.396 e. The number of aliphatic hydroxyl groups excluding tert-OH is 1. The number of nitrogens with zero attached hydrogens (tertiary/aromatic N) is 2. The average molecular weight is 205 g/mol. The Morgan fingerprint density at radius 1 is 1.33 bits per heavy atom. The topological polar surface area (TPSA) is 29.0 Å². The van der Waals surface area contributed by atoms with Gasteiger partial charge >= 0.3 is 0 Å². The van der Waals surface area contributed by atoms with Gasteiger partial charge < -0.3 is 5.11 Å². The molecule has 0 amide bonds. The summed E-state index contributed by atoms with van der Waals surface area (Å²) < 4.78 is 4.43. The lowest BCUT2D eigenvalue weighted by atomic mass is 10.3. The molecule has 3 heteroatoms. The van der Waals surface area contributed by atoms with Crippen LogP contribution in [0.2, 0.25) is 0 Å². The summed E-state index contributed by atoms with van der Waals surface area (Å²) >= 11 is 0. The summed E-state index contributed by atoms with van der Waals surface area (Å²) in [4.78, 5) is 0. The summed E-state index contributed by atoms with van der Waals surface area (Å²) in [6.07, 6.45) is 2.93. The molecular weight excluding hydrogens is 188 g/mol. The molecule has 0 bridgehead atoms. The van der Waals surface area contributed by atoms with Crippen LogP contribution in [-0.2, 0) is 13.1 Å². The molecule has 2 rings (SSSR count). The first-order valence-electron chi connectivity index (χ1n) is 5.45. The fourth-order valence-electron chi connectivity index (χ4n) is 1.91. The van der Waals surface area contributed by atoms with E-state index in [2.05, 4.69) is 46.7 Å². The van der Waals surface area contributed by atoms with Crippen molar-refractivity contribution in [3.05, 3.63) is 30.6 Å². The van der Waals surface area contributed by atoms with Crippen molar-refractivity contribution in [3.63, 3.8) is 0 Å². The third-order valence-electron chi connectivity index (χ3n) is 2.68. The van der Waals surface area contributed by atoms with Crippen LogP contribution in [-0.4, -0.2) is 16.3 Å². The van der Waals surface area contributed by atoms with Gasteiger partial charge in [0.1, 0.15) is 0 Å². The van der Waals surface area contributed by atoms with E-state index in [0.29, 0.717) is 0 Å². The summed E-state index contributed by atoms with van der Waals surface area (Å²) in [5, 5.41) is 8.84. The van der Waals surface area contributed by atoms with Crippen LogP contribution in [0.4, 0.5) is 0 Å². The van der Waals surface area contributed by atoms with Crippen molar-refractivity contribution in [2.75, 3.05) is 6.61 Å². The van der Waals surface area contributed by atoms with Gasteiger partial charge in [0.05, 0.1) is 13.1 Å². The summed E-state index contributed by atoms with van der Waals surface area (Å²) in [6.45, 7) is 4.25. The third kappa shape index (κ3) is 1.88. The summed E-state index contributed by atoms with van der Waals surface area (Å²) in [5.41, 5.74) is 2.51. The molecule has 1 aromatic heterocycles. The highest BCUT2D eigenvalue weighted by Gasteiger charge is 2.12. The predicted molar refractivity (Wildman–Crippen MR) is 59.5 cm³/mol. The van der Waals surface area contributed by atoms with E-state index < -0.39 is 0 Å². The number of para-hydroxylation sites is 2. The molecule has 0 radical (unpaired) electrons. The third-order valence-corrected chi connectivity index (χ3v) is 2.68. The minimum atomic E-state index is 0.249. The number of aryl methyl sites for hydroxylation is 2. The molecule has 3 nitrogen and oxygen atoms in total. The van der Waals surface area contributed by atoms with Crippen LogP contribution in [0.5, 0.6) is 0 Å². The minimum absolute atomic E-state index is 0.249. The molecule has 0 fully saturated rings. The zero-order valence-electron chi connectivity index (χ0n) is 9.06. The Bertz CT molecular complexity index is 448. The van der Waals surface area contributed by atoms with Crippen molar-refractivity contribution >= 4 is 11.0 Å². The maximum absolute atomic E-state index is 8.84. The highest BCUT2D eigenvalue weighted by atomic mass is 16.3. The molecule has 15 heavy (non-hydrogen) atoms. The molecule has 1 heterocycles. The monoisotopic (exact) mass is 205 g/mol. The second kappa shape index (κ2) is 4.45. The van der Waals surface area contributed by atoms with Gasteiger partial charge in [-0.25, -0.2) is 9.13 Å². The fourth-order valence-corrected chi connectivity index (χ4v) is 1.91. The van der Waals surface area contributed by atoms with Gasteiger partial charge in [0.2, 0.25) is 6.33 Å². The first-order valence-corrected chi connectivity index (χ1v) is 5.45. The lowest BCUT2D eigenvalue weighted by Crippen LogP contribution is -2.32. The standard InChI is InChI=1S/C12H17N2O/c1-2-13-10-14(8-5-9-15)12-7-4-3-6-11(12)13/h3-4,6-7,10,15H,2,5,8-9H2,1H3/q+1. The van der Waals surface area contributed by atoms with Crippen LogP contribution < -0.4 is 4.57 Å². The van der Waals surface area contributed by atoms with Crippen LogP contribution in [0.25, 0.3) is 11.0 Å². The molecule has 0 saturated carbocycles. The summed E-state index contributed by atoms with van der Waals surface area (Å²) in [5.74, 6) is 0. The molecule has 0 atom stereocenters. The predicted octanol–water partition coefficient (Wildman–Crippen LogP) is 1.33. The normalized spacial score (nSPS) is 11.1. The second-order valence-corrected chi connectivity index (χ2v) is 3.66. The van der Waals surface area contributed by atoms with Gasteiger partial charge in [-0.3, -0.25) is 0 Å². The number of benzene rings is 1. The van der Waals surface area contributed by atoms with Gasteiger partial charge in [-0.15, -0.1) is 0 Å². The van der Waals surface area contributed by atoms with E-state index in [9.17, 15) is 0 Å².